The SMILES string of the molecule is CCCCCOC(=O)C(CCCC)C(=O)OCCCCC. The monoisotopic (exact) mass is 300 g/mol. The number of carbonyl (C=O) groups excluding carboxylic acids is 2. The van der Waals surface area contributed by atoms with Crippen molar-refractivity contribution in [1.82, 2.24) is 0 Å². The second kappa shape index (κ2) is 13.9. The van der Waals surface area contributed by atoms with Crippen LogP contribution in [0.2, 0.25) is 0 Å². The molecule has 0 rings (SSSR count). The summed E-state index contributed by atoms with van der Waals surface area (Å²) in [5.41, 5.74) is 0. The normalized spacial score (nSPS) is 10.7. The zero-order chi connectivity index (χ0) is 15.9. The fourth-order valence-electron chi connectivity index (χ4n) is 1.99. The van der Waals surface area contributed by atoms with Gasteiger partial charge in [-0.25, -0.2) is 0 Å². The van der Waals surface area contributed by atoms with Gasteiger partial charge in [0.2, 0.25) is 0 Å². The summed E-state index contributed by atoms with van der Waals surface area (Å²) in [5.74, 6) is -1.58. The van der Waals surface area contributed by atoms with Crippen LogP contribution >= 0.6 is 0 Å². The maximum atomic E-state index is 12.0. The molecule has 4 nitrogen and oxygen atoms in total. The van der Waals surface area contributed by atoms with Crippen LogP contribution in [-0.4, -0.2) is 25.2 Å². The fourth-order valence-corrected chi connectivity index (χ4v) is 1.99. The van der Waals surface area contributed by atoms with Gasteiger partial charge in [0.05, 0.1) is 13.2 Å². The number of hydrogen-bond acceptors (Lipinski definition) is 4. The second-order valence-corrected chi connectivity index (χ2v) is 5.44. The molecule has 0 aromatic heterocycles. The lowest BCUT2D eigenvalue weighted by Gasteiger charge is -2.15. The summed E-state index contributed by atoms with van der Waals surface area (Å²) in [4.78, 5) is 24.0. The van der Waals surface area contributed by atoms with Gasteiger partial charge in [0, 0.05) is 0 Å². The Hall–Kier alpha value is -1.06. The Morgan fingerprint density at radius 1 is 0.714 bits per heavy atom. The van der Waals surface area contributed by atoms with Crippen molar-refractivity contribution in [2.45, 2.75) is 78.6 Å². The van der Waals surface area contributed by atoms with E-state index in [2.05, 4.69) is 13.8 Å². The largest absolute Gasteiger partial charge is 0.465 e. The van der Waals surface area contributed by atoms with Crippen molar-refractivity contribution >= 4 is 11.9 Å². The highest BCUT2D eigenvalue weighted by atomic mass is 16.6. The molecule has 0 unspecified atom stereocenters. The number of rotatable bonds is 13. The minimum atomic E-state index is -0.742. The van der Waals surface area contributed by atoms with E-state index < -0.39 is 17.9 Å². The molecule has 0 saturated heterocycles. The summed E-state index contributed by atoms with van der Waals surface area (Å²) in [6, 6.07) is 0. The van der Waals surface area contributed by atoms with Gasteiger partial charge >= 0.3 is 11.9 Å². The maximum absolute atomic E-state index is 12.0. The van der Waals surface area contributed by atoms with Gasteiger partial charge in [-0.2, -0.15) is 0 Å². The third kappa shape index (κ3) is 10.3. The zero-order valence-corrected chi connectivity index (χ0v) is 14.0. The summed E-state index contributed by atoms with van der Waals surface area (Å²) in [6.07, 6.45) is 8.25. The Morgan fingerprint density at radius 2 is 1.14 bits per heavy atom. The Labute approximate surface area is 129 Å². The molecule has 0 heterocycles. The molecule has 0 radical (unpaired) electrons. The highest BCUT2D eigenvalue weighted by Gasteiger charge is 2.28. The van der Waals surface area contributed by atoms with Crippen molar-refractivity contribution in [1.29, 1.82) is 0 Å². The van der Waals surface area contributed by atoms with Crippen LogP contribution in [0.4, 0.5) is 0 Å². The van der Waals surface area contributed by atoms with E-state index in [9.17, 15) is 9.59 Å². The number of hydrogen-bond donors (Lipinski definition) is 0. The lowest BCUT2D eigenvalue weighted by Crippen LogP contribution is -2.28. The summed E-state index contributed by atoms with van der Waals surface area (Å²) >= 11 is 0. The van der Waals surface area contributed by atoms with E-state index in [0.29, 0.717) is 19.6 Å². The smallest absolute Gasteiger partial charge is 0.320 e. The Bertz CT molecular complexity index is 252. The van der Waals surface area contributed by atoms with Crippen molar-refractivity contribution in [3.8, 4) is 0 Å². The van der Waals surface area contributed by atoms with Crippen LogP contribution in [0.3, 0.4) is 0 Å². The molecule has 0 bridgehead atoms. The average Bonchev–Trinajstić information content (AvgIpc) is 2.48. The van der Waals surface area contributed by atoms with Crippen LogP contribution in [0.15, 0.2) is 0 Å². The lowest BCUT2D eigenvalue weighted by molar-refractivity contribution is -0.162. The second-order valence-electron chi connectivity index (χ2n) is 5.44. The predicted molar refractivity (Wildman–Crippen MR) is 84.0 cm³/mol. The number of esters is 2. The first-order valence-corrected chi connectivity index (χ1v) is 8.50. The van der Waals surface area contributed by atoms with E-state index in [1.165, 1.54) is 0 Å². The van der Waals surface area contributed by atoms with Crippen LogP contribution in [0.1, 0.15) is 78.6 Å². The first-order valence-electron chi connectivity index (χ1n) is 8.50. The van der Waals surface area contributed by atoms with Gasteiger partial charge in [-0.05, 0) is 19.3 Å². The minimum absolute atomic E-state index is 0.401. The van der Waals surface area contributed by atoms with Crippen molar-refractivity contribution in [3.05, 3.63) is 0 Å². The van der Waals surface area contributed by atoms with E-state index in [4.69, 9.17) is 9.47 Å². The predicted octanol–water partition coefficient (Wildman–Crippen LogP) is 4.26. The molecule has 0 fully saturated rings. The molecule has 0 N–H and O–H groups in total. The van der Waals surface area contributed by atoms with E-state index in [1.54, 1.807) is 0 Å². The molecule has 0 aliphatic heterocycles. The Morgan fingerprint density at radius 3 is 1.52 bits per heavy atom. The van der Waals surface area contributed by atoms with Gasteiger partial charge in [-0.15, -0.1) is 0 Å². The number of carbonyl (C=O) groups is 2. The molecule has 0 saturated carbocycles. The first kappa shape index (κ1) is 19.9. The molecule has 0 spiro atoms. The Kier molecular flexibility index (Phi) is 13.2. The van der Waals surface area contributed by atoms with Crippen LogP contribution in [0.5, 0.6) is 0 Å². The van der Waals surface area contributed by atoms with Gasteiger partial charge in [0.15, 0.2) is 5.92 Å². The molecule has 0 aliphatic rings. The molecule has 0 amide bonds. The molecular formula is C17H32O4. The third-order valence-electron chi connectivity index (χ3n) is 3.40. The minimum Gasteiger partial charge on any atom is -0.465 e. The van der Waals surface area contributed by atoms with Gasteiger partial charge in [0.25, 0.3) is 0 Å². The molecule has 21 heavy (non-hydrogen) atoms. The quantitative estimate of drug-likeness (QED) is 0.290. The molecular weight excluding hydrogens is 268 g/mol. The number of unbranched alkanes of at least 4 members (excludes halogenated alkanes) is 5. The van der Waals surface area contributed by atoms with Crippen LogP contribution in [0, 0.1) is 5.92 Å². The van der Waals surface area contributed by atoms with Crippen LogP contribution in [0.25, 0.3) is 0 Å². The summed E-state index contributed by atoms with van der Waals surface area (Å²) < 4.78 is 10.4. The molecule has 0 atom stereocenters. The zero-order valence-electron chi connectivity index (χ0n) is 14.0. The van der Waals surface area contributed by atoms with Crippen LogP contribution < -0.4 is 0 Å². The first-order chi connectivity index (χ1) is 10.2. The summed E-state index contributed by atoms with van der Waals surface area (Å²) in [7, 11) is 0. The van der Waals surface area contributed by atoms with Gasteiger partial charge in [-0.3, -0.25) is 9.59 Å². The Balaban J connectivity index is 4.20. The summed E-state index contributed by atoms with van der Waals surface area (Å²) in [6.45, 7) is 7.03. The summed E-state index contributed by atoms with van der Waals surface area (Å²) in [5, 5.41) is 0. The molecule has 4 heteroatoms. The molecule has 0 aliphatic carbocycles. The van der Waals surface area contributed by atoms with E-state index in [1.807, 2.05) is 6.92 Å². The van der Waals surface area contributed by atoms with Gasteiger partial charge in [-0.1, -0.05) is 59.3 Å². The van der Waals surface area contributed by atoms with Gasteiger partial charge < -0.3 is 9.47 Å². The number of ether oxygens (including phenoxy) is 2. The third-order valence-corrected chi connectivity index (χ3v) is 3.40. The standard InChI is InChI=1S/C17H32O4/c1-4-7-10-13-20-16(18)15(12-9-6-3)17(19)21-14-11-8-5-2/h15H,4-14H2,1-3H3. The molecule has 0 aromatic rings. The van der Waals surface area contributed by atoms with E-state index in [-0.39, 0.29) is 0 Å². The van der Waals surface area contributed by atoms with Crippen LogP contribution in [-0.2, 0) is 19.1 Å². The van der Waals surface area contributed by atoms with Crippen molar-refractivity contribution in [2.24, 2.45) is 5.92 Å². The topological polar surface area (TPSA) is 52.6 Å². The van der Waals surface area contributed by atoms with Crippen molar-refractivity contribution in [2.75, 3.05) is 13.2 Å². The highest BCUT2D eigenvalue weighted by Crippen LogP contribution is 2.14. The fraction of sp³-hybridized carbons (Fsp3) is 0.882. The average molecular weight is 300 g/mol. The van der Waals surface area contributed by atoms with E-state index >= 15 is 0 Å². The molecule has 0 aromatic carbocycles. The molecule has 124 valence electrons. The van der Waals surface area contributed by atoms with Crippen molar-refractivity contribution in [3.63, 3.8) is 0 Å². The van der Waals surface area contributed by atoms with Crippen molar-refractivity contribution < 1.29 is 19.1 Å². The maximum Gasteiger partial charge on any atom is 0.320 e. The van der Waals surface area contributed by atoms with Gasteiger partial charge in [0.1, 0.15) is 0 Å². The highest BCUT2D eigenvalue weighted by molar-refractivity contribution is 5.94. The lowest BCUT2D eigenvalue weighted by atomic mass is 10.0. The van der Waals surface area contributed by atoms with E-state index in [0.717, 1.165) is 51.4 Å².